The molecule has 0 unspecified atom stereocenters. The van der Waals surface area contributed by atoms with Crippen LogP contribution in [0, 0.1) is 0 Å². The summed E-state index contributed by atoms with van der Waals surface area (Å²) in [5.41, 5.74) is 26.9. The first-order valence-electron chi connectivity index (χ1n) is 36.5. The summed E-state index contributed by atoms with van der Waals surface area (Å²) in [7, 11) is 0. The summed E-state index contributed by atoms with van der Waals surface area (Å²) in [6.45, 7) is 0. The van der Waals surface area contributed by atoms with Crippen molar-refractivity contribution >= 4 is 109 Å². The van der Waals surface area contributed by atoms with Gasteiger partial charge >= 0.3 is 0 Å². The number of rotatable bonds is 11. The number of aromatic nitrogens is 6. The first kappa shape index (κ1) is 60.2. The van der Waals surface area contributed by atoms with E-state index in [1.807, 2.05) is 12.4 Å². The minimum atomic E-state index is 0.724. The second-order valence-electron chi connectivity index (χ2n) is 28.0. The molecule has 0 N–H and O–H groups in total. The third-order valence-electron chi connectivity index (χ3n) is 22.1. The maximum absolute atomic E-state index is 6.87. The van der Waals surface area contributed by atoms with E-state index in [9.17, 15) is 0 Å². The molecular formula is C100H62N6O. The van der Waals surface area contributed by atoms with Crippen molar-refractivity contribution in [2.45, 2.75) is 0 Å². The Kier molecular flexibility index (Phi) is 13.6. The number of pyridine rings is 2. The molecule has 498 valence electrons. The van der Waals surface area contributed by atoms with Crippen molar-refractivity contribution in [1.82, 2.24) is 28.2 Å². The molecule has 0 spiro atoms. The van der Waals surface area contributed by atoms with Gasteiger partial charge in [-0.1, -0.05) is 261 Å². The lowest BCUT2D eigenvalue weighted by atomic mass is 9.98. The molecular weight excluding hydrogens is 1300 g/mol. The van der Waals surface area contributed by atoms with Gasteiger partial charge in [-0.25, -0.2) is 4.98 Å². The smallest absolute Gasteiger partial charge is 0.165 e. The van der Waals surface area contributed by atoms with Crippen LogP contribution in [-0.4, -0.2) is 28.2 Å². The summed E-state index contributed by atoms with van der Waals surface area (Å²) in [4.78, 5) is 11.6. The second-order valence-corrected chi connectivity index (χ2v) is 28.0. The second kappa shape index (κ2) is 24.1. The quantitative estimate of drug-likeness (QED) is 0.130. The van der Waals surface area contributed by atoms with Gasteiger partial charge in [0.05, 0.1) is 44.1 Å². The van der Waals surface area contributed by atoms with Crippen LogP contribution in [0.1, 0.15) is 0 Å². The van der Waals surface area contributed by atoms with Gasteiger partial charge in [-0.05, 0) is 175 Å². The van der Waals surface area contributed by atoms with E-state index in [1.165, 1.54) is 0 Å². The summed E-state index contributed by atoms with van der Waals surface area (Å²) < 4.78 is 16.9. The number of hydrogen-bond acceptors (Lipinski definition) is 3. The van der Waals surface area contributed by atoms with Gasteiger partial charge in [-0.2, -0.15) is 0 Å². The van der Waals surface area contributed by atoms with E-state index in [0.717, 1.165) is 210 Å². The number of para-hydroxylation sites is 2. The van der Waals surface area contributed by atoms with E-state index >= 15 is 0 Å². The van der Waals surface area contributed by atoms with Crippen LogP contribution in [0.5, 0.6) is 0 Å². The average Bonchev–Trinajstić information content (AvgIpc) is 1.55. The number of benzene rings is 15. The molecule has 0 atom stereocenters. The average molecular weight is 1360 g/mol. The summed E-state index contributed by atoms with van der Waals surface area (Å²) in [6, 6.07) is 133. The van der Waals surface area contributed by atoms with Gasteiger partial charge < -0.3 is 13.6 Å². The molecule has 107 heavy (non-hydrogen) atoms. The Morgan fingerprint density at radius 2 is 0.486 bits per heavy atom. The molecule has 22 rings (SSSR count). The number of furan rings is 1. The molecule has 0 bridgehead atoms. The molecule has 7 nitrogen and oxygen atoms in total. The van der Waals surface area contributed by atoms with Crippen LogP contribution in [0.15, 0.2) is 381 Å². The van der Waals surface area contributed by atoms with Crippen LogP contribution in [0.25, 0.3) is 210 Å². The minimum absolute atomic E-state index is 0.724. The zero-order valence-corrected chi connectivity index (χ0v) is 57.9. The van der Waals surface area contributed by atoms with Crippen LogP contribution in [0.2, 0.25) is 0 Å². The molecule has 22 aromatic rings. The molecule has 7 aromatic heterocycles. The Hall–Kier alpha value is -14.4. The number of nitrogens with zero attached hydrogens (tertiary/aromatic N) is 6. The fourth-order valence-corrected chi connectivity index (χ4v) is 17.1. The van der Waals surface area contributed by atoms with Gasteiger partial charge in [0.1, 0.15) is 22.5 Å². The highest BCUT2D eigenvalue weighted by atomic mass is 16.3. The van der Waals surface area contributed by atoms with Crippen LogP contribution in [0.3, 0.4) is 0 Å². The monoisotopic (exact) mass is 1360 g/mol. The summed E-state index contributed by atoms with van der Waals surface area (Å²) in [5, 5.41) is 10.7. The van der Waals surface area contributed by atoms with Crippen LogP contribution < -0.4 is 0 Å². The molecule has 0 radical (unpaired) electrons. The molecule has 0 fully saturated rings. The molecule has 15 aromatic carbocycles. The highest BCUT2D eigenvalue weighted by Crippen LogP contribution is 2.52. The third kappa shape index (κ3) is 9.54. The van der Waals surface area contributed by atoms with Crippen molar-refractivity contribution in [3.63, 3.8) is 0 Å². The van der Waals surface area contributed by atoms with E-state index in [0.29, 0.717) is 0 Å². The molecule has 0 saturated heterocycles. The largest absolute Gasteiger partial charge is 0.456 e. The Bertz CT molecular complexity index is 6990. The Balaban J connectivity index is 1.00. The van der Waals surface area contributed by atoms with E-state index < -0.39 is 0 Å². The fourth-order valence-electron chi connectivity index (χ4n) is 17.1. The molecule has 0 aliphatic rings. The van der Waals surface area contributed by atoms with Gasteiger partial charge in [0.25, 0.3) is 0 Å². The topological polar surface area (TPSA) is 58.6 Å². The molecule has 0 aliphatic heterocycles. The molecule has 0 saturated carbocycles. The normalized spacial score (nSPS) is 11.9. The highest BCUT2D eigenvalue weighted by Gasteiger charge is 2.34. The van der Waals surface area contributed by atoms with Gasteiger partial charge in [0.15, 0.2) is 11.6 Å². The Morgan fingerprint density at radius 3 is 0.869 bits per heavy atom. The summed E-state index contributed by atoms with van der Waals surface area (Å²) in [5.74, 6) is 1.45. The maximum Gasteiger partial charge on any atom is 0.165 e. The van der Waals surface area contributed by atoms with Gasteiger partial charge in [-0.3, -0.25) is 14.1 Å². The van der Waals surface area contributed by atoms with Crippen molar-refractivity contribution in [1.29, 1.82) is 0 Å². The van der Waals surface area contributed by atoms with Gasteiger partial charge in [0, 0.05) is 71.8 Å². The number of hydrogen-bond donors (Lipinski definition) is 0. The lowest BCUT2D eigenvalue weighted by Gasteiger charge is -2.27. The maximum atomic E-state index is 6.87. The van der Waals surface area contributed by atoms with E-state index in [2.05, 4.69) is 382 Å². The summed E-state index contributed by atoms with van der Waals surface area (Å²) >= 11 is 0. The zero-order chi connectivity index (χ0) is 70.2. The minimum Gasteiger partial charge on any atom is -0.456 e. The van der Waals surface area contributed by atoms with Crippen LogP contribution in [-0.2, 0) is 0 Å². The molecule has 7 heterocycles. The van der Waals surface area contributed by atoms with E-state index in [1.54, 1.807) is 0 Å². The Labute approximate surface area is 615 Å². The SMILES string of the molecule is c1ccc(-c2ccc3c(c2)c2cc(-c4ccccc4)ccc2n3-c2nc(-n3c4ccccc4c4cnccc43)c(-n3c4ccc(-c5ccccc5)cc4c4cc(-c5ccccc5)ccc43)c(-c3ccc4oc5ccccc5c4c3)c2-n2c3ccc(-c4ccccc4)cc3c3cc(-c4ccccc4)ccc32)cc1. The summed E-state index contributed by atoms with van der Waals surface area (Å²) in [6.07, 6.45) is 3.95. The fraction of sp³-hybridized carbons (Fsp3) is 0. The van der Waals surface area contributed by atoms with Crippen LogP contribution >= 0.6 is 0 Å². The Morgan fingerprint density at radius 1 is 0.196 bits per heavy atom. The first-order chi connectivity index (χ1) is 53.1. The third-order valence-corrected chi connectivity index (χ3v) is 22.1. The zero-order valence-electron chi connectivity index (χ0n) is 57.9. The van der Waals surface area contributed by atoms with Crippen molar-refractivity contribution in [2.24, 2.45) is 0 Å². The lowest BCUT2D eigenvalue weighted by molar-refractivity contribution is 0.669. The van der Waals surface area contributed by atoms with Crippen molar-refractivity contribution < 1.29 is 4.42 Å². The number of fused-ring (bicyclic) bond motifs is 15. The van der Waals surface area contributed by atoms with Crippen LogP contribution in [0.4, 0.5) is 0 Å². The van der Waals surface area contributed by atoms with E-state index in [4.69, 9.17) is 14.4 Å². The highest BCUT2D eigenvalue weighted by molar-refractivity contribution is 6.19. The standard InChI is InChI=1S/C100H62N6O/c1-7-23-63(24-8-1)69-39-46-87-78(55-69)79-56-70(64-25-9-2-10-26-64)40-47-88(79)103(87)97-96(75-45-52-95-84(61-75)77-36-20-22-38-94(77)107-95)98(104-89-48-41-71(65-27-11-3-12-28-65)57-80(89)81-58-72(42-49-90(81)104)66-29-13-4-14-30-66)100(102-99(97)105-86-37-21-19-35-76(86)85-62-101-54-53-93(85)105)106-91-50-43-73(67-31-15-5-16-32-67)59-82(91)83-60-74(44-51-92(83)106)68-33-17-6-18-34-68/h1-62H. The van der Waals surface area contributed by atoms with E-state index in [-0.39, 0.29) is 0 Å². The first-order valence-corrected chi connectivity index (χ1v) is 36.5. The molecule has 7 heteroatoms. The predicted molar refractivity (Wildman–Crippen MR) is 445 cm³/mol. The lowest BCUT2D eigenvalue weighted by Crippen LogP contribution is -2.16. The van der Waals surface area contributed by atoms with Crippen molar-refractivity contribution in [3.8, 4) is 101 Å². The van der Waals surface area contributed by atoms with Gasteiger partial charge in [-0.15, -0.1) is 0 Å². The van der Waals surface area contributed by atoms with Crippen molar-refractivity contribution in [3.05, 3.63) is 376 Å². The van der Waals surface area contributed by atoms with Crippen molar-refractivity contribution in [2.75, 3.05) is 0 Å². The van der Waals surface area contributed by atoms with Gasteiger partial charge in [0.2, 0.25) is 0 Å². The predicted octanol–water partition coefficient (Wildman–Crippen LogP) is 26.4. The molecule has 0 amide bonds. The molecule has 0 aliphatic carbocycles.